The number of pyridine rings is 1. The Morgan fingerprint density at radius 2 is 1.72 bits per heavy atom. The van der Waals surface area contributed by atoms with Gasteiger partial charge >= 0.3 is 10.2 Å². The molecule has 196 valence electrons. The Labute approximate surface area is 211 Å². The highest BCUT2D eigenvalue weighted by Gasteiger charge is 2.65. The molecule has 1 aromatic carbocycles. The van der Waals surface area contributed by atoms with Gasteiger partial charge in [0, 0.05) is 12.7 Å². The maximum atomic E-state index is 13.2. The molecule has 0 saturated carbocycles. The number of nitrogens with zero attached hydrogens (tertiary/aromatic N) is 5. The first-order chi connectivity index (χ1) is 16.2. The Hall–Kier alpha value is -3.00. The summed E-state index contributed by atoms with van der Waals surface area (Å²) in [5.41, 5.74) is 10.6. The second-order valence-electron chi connectivity index (χ2n) is 7.49. The molecule has 0 atom stereocenters. The Kier molecular flexibility index (Phi) is 6.33. The quantitative estimate of drug-likeness (QED) is 0.356. The van der Waals surface area contributed by atoms with Crippen LogP contribution in [0.15, 0.2) is 35.4 Å². The van der Waals surface area contributed by atoms with Crippen LogP contribution < -0.4 is 15.8 Å². The topological polar surface area (TPSA) is 144 Å². The fourth-order valence-electron chi connectivity index (χ4n) is 3.14. The van der Waals surface area contributed by atoms with Crippen molar-refractivity contribution in [3.05, 3.63) is 51.8 Å². The summed E-state index contributed by atoms with van der Waals surface area (Å²) < 4.78 is 92.7. The van der Waals surface area contributed by atoms with Crippen molar-refractivity contribution in [1.82, 2.24) is 14.8 Å². The molecule has 0 amide bonds. The van der Waals surface area contributed by atoms with Gasteiger partial charge in [-0.2, -0.15) is 10.4 Å². The SMILES string of the molecule is CS(=O)(=O)N(CCc1ccc(N)nc1)c1c(C#N)nn(-c2c(Cl)cc(S(F)(F)(F)(F)F)cc2Cl)c1N. The molecule has 0 bridgehead atoms. The van der Waals surface area contributed by atoms with Gasteiger partial charge in [-0.3, -0.25) is 4.31 Å². The fraction of sp³-hybridized carbons (Fsp3) is 0.167. The van der Waals surface area contributed by atoms with Crippen molar-refractivity contribution in [2.75, 3.05) is 28.6 Å². The summed E-state index contributed by atoms with van der Waals surface area (Å²) in [7, 11) is -14.2. The number of nitrogens with two attached hydrogens (primary N) is 2. The molecule has 0 radical (unpaired) electrons. The van der Waals surface area contributed by atoms with Crippen molar-refractivity contribution in [3.63, 3.8) is 0 Å². The van der Waals surface area contributed by atoms with E-state index in [1.54, 1.807) is 12.1 Å². The van der Waals surface area contributed by atoms with Gasteiger partial charge in [0.2, 0.25) is 10.0 Å². The zero-order valence-electron chi connectivity index (χ0n) is 18.0. The van der Waals surface area contributed by atoms with Crippen LogP contribution >= 0.6 is 33.4 Å². The molecule has 9 nitrogen and oxygen atoms in total. The van der Waals surface area contributed by atoms with E-state index in [4.69, 9.17) is 34.7 Å². The summed E-state index contributed by atoms with van der Waals surface area (Å²) in [6.45, 7) is -0.250. The molecule has 4 N–H and O–H groups in total. The highest BCUT2D eigenvalue weighted by molar-refractivity contribution is 8.45. The molecule has 18 heteroatoms. The monoisotopic (exact) mass is 591 g/mol. The van der Waals surface area contributed by atoms with Crippen molar-refractivity contribution in [1.29, 1.82) is 5.26 Å². The minimum atomic E-state index is -10.1. The normalized spacial score (nSPS) is 14.1. The predicted octanol–water partition coefficient (Wildman–Crippen LogP) is 5.28. The van der Waals surface area contributed by atoms with E-state index < -0.39 is 58.1 Å². The van der Waals surface area contributed by atoms with Crippen LogP contribution in [-0.4, -0.2) is 36.0 Å². The van der Waals surface area contributed by atoms with E-state index in [9.17, 15) is 33.1 Å². The zero-order valence-corrected chi connectivity index (χ0v) is 21.1. The van der Waals surface area contributed by atoms with E-state index >= 15 is 0 Å². The molecule has 0 spiro atoms. The van der Waals surface area contributed by atoms with Gasteiger partial charge in [-0.1, -0.05) is 48.7 Å². The molecule has 0 aliphatic carbocycles. The molecule has 3 aromatic rings. The second-order valence-corrected chi connectivity index (χ2v) is 12.6. The summed E-state index contributed by atoms with van der Waals surface area (Å²) in [5, 5.41) is 11.5. The molecule has 0 unspecified atom stereocenters. The Morgan fingerprint density at radius 3 is 2.17 bits per heavy atom. The Balaban J connectivity index is 2.15. The number of aromatic nitrogens is 3. The highest BCUT2D eigenvalue weighted by atomic mass is 35.5. The van der Waals surface area contributed by atoms with Crippen molar-refractivity contribution in [2.45, 2.75) is 11.3 Å². The van der Waals surface area contributed by atoms with Crippen LogP contribution in [0, 0.1) is 11.3 Å². The van der Waals surface area contributed by atoms with E-state index in [2.05, 4.69) is 10.1 Å². The van der Waals surface area contributed by atoms with Crippen LogP contribution in [0.3, 0.4) is 0 Å². The summed E-state index contributed by atoms with van der Waals surface area (Å²) >= 11 is 11.7. The second kappa shape index (κ2) is 8.26. The molecule has 0 aliphatic heterocycles. The van der Waals surface area contributed by atoms with Gasteiger partial charge < -0.3 is 11.5 Å². The molecule has 0 saturated heterocycles. The number of halogens is 7. The minimum Gasteiger partial charge on any atom is -0.384 e. The molecular weight excluding hydrogens is 576 g/mol. The van der Waals surface area contributed by atoms with Crippen LogP contribution in [0.5, 0.6) is 0 Å². The molecule has 2 aromatic heterocycles. The number of nitrogen functional groups attached to an aromatic ring is 2. The maximum absolute atomic E-state index is 13.2. The van der Waals surface area contributed by atoms with Crippen molar-refractivity contribution in [2.24, 2.45) is 0 Å². The van der Waals surface area contributed by atoms with Gasteiger partial charge in [0.15, 0.2) is 11.5 Å². The number of benzene rings is 1. The third-order valence-electron chi connectivity index (χ3n) is 4.75. The number of hydrogen-bond acceptors (Lipinski definition) is 7. The van der Waals surface area contributed by atoms with Gasteiger partial charge in [-0.25, -0.2) is 18.1 Å². The summed E-state index contributed by atoms with van der Waals surface area (Å²) in [4.78, 5) is 1.54. The van der Waals surface area contributed by atoms with Gasteiger partial charge in [0.25, 0.3) is 0 Å². The van der Waals surface area contributed by atoms with Crippen LogP contribution in [0.25, 0.3) is 5.69 Å². The predicted molar refractivity (Wildman–Crippen MR) is 129 cm³/mol. The lowest BCUT2D eigenvalue weighted by Gasteiger charge is -2.40. The summed E-state index contributed by atoms with van der Waals surface area (Å²) in [6, 6.07) is 4.62. The van der Waals surface area contributed by atoms with Gasteiger partial charge in [0.1, 0.15) is 28.2 Å². The summed E-state index contributed by atoms with van der Waals surface area (Å²) in [6.07, 6.45) is 2.33. The molecule has 2 heterocycles. The Morgan fingerprint density at radius 1 is 1.14 bits per heavy atom. The smallest absolute Gasteiger partial charge is 0.310 e. The number of hydrogen-bond donors (Lipinski definition) is 2. The van der Waals surface area contributed by atoms with E-state index in [0.717, 1.165) is 10.6 Å². The van der Waals surface area contributed by atoms with Crippen molar-refractivity contribution < 1.29 is 27.8 Å². The lowest BCUT2D eigenvalue weighted by atomic mass is 10.2. The largest absolute Gasteiger partial charge is 0.384 e. The van der Waals surface area contributed by atoms with E-state index in [1.807, 2.05) is 0 Å². The van der Waals surface area contributed by atoms with Crippen molar-refractivity contribution in [3.8, 4) is 11.8 Å². The van der Waals surface area contributed by atoms with Gasteiger partial charge in [-0.05, 0) is 30.2 Å². The lowest BCUT2D eigenvalue weighted by Crippen LogP contribution is -2.33. The first kappa shape index (κ1) is 27.6. The Bertz CT molecular complexity index is 1480. The third kappa shape index (κ3) is 5.69. The number of anilines is 3. The number of nitriles is 1. The molecule has 36 heavy (non-hydrogen) atoms. The van der Waals surface area contributed by atoms with Gasteiger partial charge in [-0.15, -0.1) is 0 Å². The number of rotatable bonds is 7. The highest BCUT2D eigenvalue weighted by Crippen LogP contribution is 3.02. The van der Waals surface area contributed by atoms with Crippen LogP contribution in [0.1, 0.15) is 11.3 Å². The van der Waals surface area contributed by atoms with Crippen LogP contribution in [-0.2, 0) is 16.4 Å². The molecule has 3 rings (SSSR count). The van der Waals surface area contributed by atoms with E-state index in [0.29, 0.717) is 10.2 Å². The average molecular weight is 592 g/mol. The van der Waals surface area contributed by atoms with Crippen molar-refractivity contribution >= 4 is 60.8 Å². The first-order valence-corrected chi connectivity index (χ1v) is 14.0. The average Bonchev–Trinajstić information content (AvgIpc) is 3.02. The summed E-state index contributed by atoms with van der Waals surface area (Å²) in [5.74, 6) is -0.308. The number of sulfonamides is 1. The fourth-order valence-corrected chi connectivity index (χ4v) is 5.53. The van der Waals surface area contributed by atoms with Crippen LogP contribution in [0.4, 0.5) is 36.8 Å². The third-order valence-corrected chi connectivity index (χ3v) is 7.62. The molecular formula is C18H16Cl2F5N7O2S2. The zero-order chi connectivity index (χ0) is 27.3. The maximum Gasteiger partial charge on any atom is 0.310 e. The first-order valence-electron chi connectivity index (χ1n) is 9.43. The minimum absolute atomic E-state index is 0.0559. The van der Waals surface area contributed by atoms with Crippen LogP contribution in [0.2, 0.25) is 10.0 Å². The van der Waals surface area contributed by atoms with E-state index in [-0.39, 0.29) is 30.9 Å². The molecule has 0 fully saturated rings. The van der Waals surface area contributed by atoms with Gasteiger partial charge in [0.05, 0.1) is 16.3 Å². The standard InChI is InChI=1S/C18H16Cl2F5N7O2S2/c1-35(33,34)31(5-4-10-2-3-15(27)29-9-10)17-14(8-26)30-32(18(17)28)16-12(19)6-11(7-13(16)20)36(21,22,23,24)25/h2-3,6-7,9H,4-5,28H2,1H3,(H2,27,29). The molecule has 0 aliphatic rings. The van der Waals surface area contributed by atoms with E-state index in [1.165, 1.54) is 12.3 Å². The lowest BCUT2D eigenvalue weighted by molar-refractivity contribution is 0.364.